The average Bonchev–Trinajstić information content (AvgIpc) is 2.63. The highest BCUT2D eigenvalue weighted by atomic mass is 19.3. The molecule has 0 aliphatic heterocycles. The van der Waals surface area contributed by atoms with E-state index >= 15 is 0 Å². The van der Waals surface area contributed by atoms with Crippen LogP contribution in [0.15, 0.2) is 54.6 Å². The number of rotatable bonds is 8. The molecule has 0 heterocycles. The molecule has 7 heteroatoms. The Morgan fingerprint density at radius 1 is 1.00 bits per heavy atom. The van der Waals surface area contributed by atoms with Crippen molar-refractivity contribution in [1.29, 1.82) is 0 Å². The largest absolute Gasteiger partial charge is 0.452 e. The number of carbonyl (C=O) groups excluding carboxylic acids is 2. The van der Waals surface area contributed by atoms with Crippen LogP contribution in [0.3, 0.4) is 0 Å². The second kappa shape index (κ2) is 9.66. The highest BCUT2D eigenvalue weighted by molar-refractivity contribution is 5.84. The molecule has 2 aromatic rings. The zero-order valence-corrected chi connectivity index (χ0v) is 15.0. The summed E-state index contributed by atoms with van der Waals surface area (Å²) in [6.45, 7) is 0.424. The first-order valence-electron chi connectivity index (χ1n) is 8.43. The maximum absolute atomic E-state index is 12.2. The number of hydrogen-bond acceptors (Lipinski definition) is 4. The number of amides is 1. The predicted octanol–water partition coefficient (Wildman–Crippen LogP) is 3.64. The molecule has 1 N–H and O–H groups in total. The molecule has 0 saturated heterocycles. The van der Waals surface area contributed by atoms with Crippen LogP contribution in [0, 0.1) is 0 Å². The maximum atomic E-state index is 12.2. The Balaban J connectivity index is 1.83. The van der Waals surface area contributed by atoms with E-state index in [4.69, 9.17) is 4.74 Å². The monoisotopic (exact) mass is 377 g/mol. The molecule has 144 valence electrons. The van der Waals surface area contributed by atoms with Gasteiger partial charge in [0.15, 0.2) is 6.10 Å². The molecule has 2 atom stereocenters. The number of halogens is 2. The summed E-state index contributed by atoms with van der Waals surface area (Å²) in [7, 11) is 0. The first-order valence-corrected chi connectivity index (χ1v) is 8.43. The number of alkyl halides is 2. The molecule has 2 aromatic carbocycles. The van der Waals surface area contributed by atoms with Crippen molar-refractivity contribution in [3.63, 3.8) is 0 Å². The van der Waals surface area contributed by atoms with Crippen molar-refractivity contribution in [3.8, 4) is 5.75 Å². The third-order valence-corrected chi connectivity index (χ3v) is 3.83. The van der Waals surface area contributed by atoms with Gasteiger partial charge in [-0.3, -0.25) is 9.59 Å². The first kappa shape index (κ1) is 20.4. The van der Waals surface area contributed by atoms with E-state index in [0.717, 1.165) is 5.56 Å². The minimum Gasteiger partial charge on any atom is -0.452 e. The van der Waals surface area contributed by atoms with E-state index < -0.39 is 24.6 Å². The Kier molecular flexibility index (Phi) is 7.28. The highest BCUT2D eigenvalue weighted by Crippen LogP contribution is 2.16. The third-order valence-electron chi connectivity index (χ3n) is 3.83. The molecular formula is C20H21F2NO4. The smallest absolute Gasteiger partial charge is 0.387 e. The van der Waals surface area contributed by atoms with Gasteiger partial charge in [-0.25, -0.2) is 0 Å². The maximum Gasteiger partial charge on any atom is 0.387 e. The summed E-state index contributed by atoms with van der Waals surface area (Å²) < 4.78 is 33.6. The van der Waals surface area contributed by atoms with E-state index in [1.165, 1.54) is 31.2 Å². The van der Waals surface area contributed by atoms with Gasteiger partial charge in [0.2, 0.25) is 0 Å². The van der Waals surface area contributed by atoms with Gasteiger partial charge in [0.1, 0.15) is 5.75 Å². The van der Waals surface area contributed by atoms with Crippen molar-refractivity contribution in [2.24, 2.45) is 0 Å². The number of nitrogens with one attached hydrogen (secondary N) is 1. The van der Waals surface area contributed by atoms with Gasteiger partial charge in [-0.15, -0.1) is 0 Å². The second-order valence-corrected chi connectivity index (χ2v) is 5.97. The summed E-state index contributed by atoms with van der Waals surface area (Å²) in [5.41, 5.74) is 1.50. The lowest BCUT2D eigenvalue weighted by molar-refractivity contribution is -0.154. The van der Waals surface area contributed by atoms with Crippen molar-refractivity contribution in [2.45, 2.75) is 39.0 Å². The van der Waals surface area contributed by atoms with Gasteiger partial charge in [0, 0.05) is 0 Å². The minimum absolute atomic E-state index is 0.00441. The summed E-state index contributed by atoms with van der Waals surface area (Å²) in [4.78, 5) is 24.2. The molecule has 0 saturated carbocycles. The van der Waals surface area contributed by atoms with Crippen LogP contribution < -0.4 is 10.1 Å². The standard InChI is InChI=1S/C20H21F2NO4/c1-13(16-6-4-3-5-7-16)23-19(25)14(2)26-18(24)12-15-8-10-17(11-9-15)27-20(21)22/h3-11,13-14,20H,12H2,1-2H3,(H,23,25). The Morgan fingerprint density at radius 3 is 2.22 bits per heavy atom. The van der Waals surface area contributed by atoms with Crippen LogP contribution >= 0.6 is 0 Å². The summed E-state index contributed by atoms with van der Waals surface area (Å²) in [6.07, 6.45) is -1.04. The molecule has 5 nitrogen and oxygen atoms in total. The zero-order chi connectivity index (χ0) is 19.8. The van der Waals surface area contributed by atoms with Crippen LogP contribution in [-0.2, 0) is 20.7 Å². The van der Waals surface area contributed by atoms with Crippen LogP contribution in [0.25, 0.3) is 0 Å². The van der Waals surface area contributed by atoms with Gasteiger partial charge in [-0.1, -0.05) is 42.5 Å². The van der Waals surface area contributed by atoms with Crippen molar-refractivity contribution >= 4 is 11.9 Å². The van der Waals surface area contributed by atoms with Gasteiger partial charge < -0.3 is 14.8 Å². The first-order chi connectivity index (χ1) is 12.8. The second-order valence-electron chi connectivity index (χ2n) is 5.97. The average molecular weight is 377 g/mol. The van der Waals surface area contributed by atoms with Gasteiger partial charge in [-0.05, 0) is 37.1 Å². The molecule has 2 rings (SSSR count). The van der Waals surface area contributed by atoms with Crippen LogP contribution in [0.2, 0.25) is 0 Å². The predicted molar refractivity (Wildman–Crippen MR) is 95.3 cm³/mol. The third kappa shape index (κ3) is 6.69. The summed E-state index contributed by atoms with van der Waals surface area (Å²) in [5, 5.41) is 2.79. The van der Waals surface area contributed by atoms with E-state index in [9.17, 15) is 18.4 Å². The van der Waals surface area contributed by atoms with E-state index in [-0.39, 0.29) is 18.2 Å². The highest BCUT2D eigenvalue weighted by Gasteiger charge is 2.20. The van der Waals surface area contributed by atoms with Crippen LogP contribution in [0.5, 0.6) is 5.75 Å². The van der Waals surface area contributed by atoms with Crippen molar-refractivity contribution in [1.82, 2.24) is 5.32 Å². The van der Waals surface area contributed by atoms with Crippen molar-refractivity contribution in [2.75, 3.05) is 0 Å². The van der Waals surface area contributed by atoms with Gasteiger partial charge >= 0.3 is 12.6 Å². The number of carbonyl (C=O) groups is 2. The quantitative estimate of drug-likeness (QED) is 0.714. The van der Waals surface area contributed by atoms with Crippen LogP contribution in [0.4, 0.5) is 8.78 Å². The Bertz CT molecular complexity index is 750. The number of ether oxygens (including phenoxy) is 2. The van der Waals surface area contributed by atoms with E-state index in [1.54, 1.807) is 0 Å². The van der Waals surface area contributed by atoms with Crippen molar-refractivity contribution in [3.05, 3.63) is 65.7 Å². The Hall–Kier alpha value is -2.96. The SMILES string of the molecule is CC(OC(=O)Cc1ccc(OC(F)F)cc1)C(=O)NC(C)c1ccccc1. The molecule has 0 bridgehead atoms. The van der Waals surface area contributed by atoms with Crippen LogP contribution in [0.1, 0.15) is 31.0 Å². The molecule has 0 aliphatic rings. The molecule has 0 aliphatic carbocycles. The summed E-state index contributed by atoms with van der Waals surface area (Å²) >= 11 is 0. The molecule has 0 radical (unpaired) electrons. The van der Waals surface area contributed by atoms with Gasteiger partial charge in [0.25, 0.3) is 5.91 Å². The topological polar surface area (TPSA) is 64.6 Å². The van der Waals surface area contributed by atoms with E-state index in [1.807, 2.05) is 37.3 Å². The fourth-order valence-electron chi connectivity index (χ4n) is 2.40. The molecule has 0 aromatic heterocycles. The van der Waals surface area contributed by atoms with E-state index in [2.05, 4.69) is 10.1 Å². The van der Waals surface area contributed by atoms with E-state index in [0.29, 0.717) is 5.56 Å². The summed E-state index contributed by atoms with van der Waals surface area (Å²) in [5.74, 6) is -0.988. The fourth-order valence-corrected chi connectivity index (χ4v) is 2.40. The Morgan fingerprint density at radius 2 is 1.63 bits per heavy atom. The lowest BCUT2D eigenvalue weighted by atomic mass is 10.1. The molecule has 0 fully saturated rings. The molecule has 27 heavy (non-hydrogen) atoms. The van der Waals surface area contributed by atoms with Gasteiger partial charge in [-0.2, -0.15) is 8.78 Å². The Labute approximate surface area is 156 Å². The normalized spacial score (nSPS) is 12.9. The molecule has 0 spiro atoms. The summed E-state index contributed by atoms with van der Waals surface area (Å²) in [6, 6.07) is 14.8. The lowest BCUT2D eigenvalue weighted by Gasteiger charge is -2.18. The molecular weight excluding hydrogens is 356 g/mol. The van der Waals surface area contributed by atoms with Crippen LogP contribution in [-0.4, -0.2) is 24.6 Å². The zero-order valence-electron chi connectivity index (χ0n) is 15.0. The number of hydrogen-bond donors (Lipinski definition) is 1. The molecule has 1 amide bonds. The number of benzene rings is 2. The fraction of sp³-hybridized carbons (Fsp3) is 0.300. The van der Waals surface area contributed by atoms with Crippen molar-refractivity contribution < 1.29 is 27.8 Å². The minimum atomic E-state index is -2.90. The number of esters is 1. The molecule has 2 unspecified atom stereocenters. The lowest BCUT2D eigenvalue weighted by Crippen LogP contribution is -2.37. The van der Waals surface area contributed by atoms with Gasteiger partial charge in [0.05, 0.1) is 12.5 Å².